The molecule has 1 N–H and O–H groups in total. The zero-order chi connectivity index (χ0) is 14.7. The highest BCUT2D eigenvalue weighted by molar-refractivity contribution is 6.99. The molecular weight excluding hydrogens is 276 g/mol. The predicted molar refractivity (Wildman–Crippen MR) is 75.7 cm³/mol. The van der Waals surface area contributed by atoms with Crippen LogP contribution in [0.2, 0.25) is 0 Å². The maximum atomic E-state index is 12.1. The number of hydrogen-bond acceptors (Lipinski definition) is 6. The fourth-order valence-corrected chi connectivity index (χ4v) is 2.21. The molecule has 20 heavy (non-hydrogen) atoms. The number of amides is 1. The highest BCUT2D eigenvalue weighted by atomic mass is 32.1. The average Bonchev–Trinajstić information content (AvgIpc) is 2.98. The van der Waals surface area contributed by atoms with Crippen LogP contribution in [-0.4, -0.2) is 35.7 Å². The Kier molecular flexibility index (Phi) is 4.43. The summed E-state index contributed by atoms with van der Waals surface area (Å²) in [4.78, 5) is 12.1. The first kappa shape index (κ1) is 14.6. The lowest BCUT2D eigenvalue weighted by Gasteiger charge is -2.10. The van der Waals surface area contributed by atoms with Crippen molar-refractivity contribution in [2.24, 2.45) is 0 Å². The van der Waals surface area contributed by atoms with Crippen LogP contribution in [-0.2, 0) is 6.54 Å². The Labute approximate surface area is 121 Å². The van der Waals surface area contributed by atoms with Gasteiger partial charge in [-0.2, -0.15) is 8.75 Å². The number of hydrogen-bond donors (Lipinski definition) is 1. The smallest absolute Gasteiger partial charge is 0.273 e. The average molecular weight is 294 g/mol. The molecule has 2 aromatic rings. The minimum atomic E-state index is -0.184. The Hall–Kier alpha value is -1.83. The normalized spacial score (nSPS) is 12.4. The van der Waals surface area contributed by atoms with Gasteiger partial charge >= 0.3 is 0 Å². The van der Waals surface area contributed by atoms with Gasteiger partial charge in [0, 0.05) is 6.04 Å². The molecule has 0 radical (unpaired) electrons. The van der Waals surface area contributed by atoms with Crippen molar-refractivity contribution in [3.63, 3.8) is 0 Å². The lowest BCUT2D eigenvalue weighted by atomic mass is 10.2. The number of aryl methyl sites for hydroxylation is 1. The van der Waals surface area contributed by atoms with E-state index in [0.29, 0.717) is 12.2 Å². The highest BCUT2D eigenvalue weighted by Gasteiger charge is 2.18. The van der Waals surface area contributed by atoms with E-state index < -0.39 is 0 Å². The SMILES string of the molecule is CCC(C)NC(=O)c1nnn(Cc2nsnc2C)c1C. The van der Waals surface area contributed by atoms with Gasteiger partial charge in [0.1, 0.15) is 0 Å². The first-order chi connectivity index (χ1) is 9.52. The molecule has 1 unspecified atom stereocenters. The van der Waals surface area contributed by atoms with Gasteiger partial charge in [-0.15, -0.1) is 5.10 Å². The molecule has 2 heterocycles. The van der Waals surface area contributed by atoms with Gasteiger partial charge in [0.25, 0.3) is 5.91 Å². The third-order valence-electron chi connectivity index (χ3n) is 3.23. The molecule has 2 aromatic heterocycles. The third kappa shape index (κ3) is 3.01. The molecule has 1 amide bonds. The summed E-state index contributed by atoms with van der Waals surface area (Å²) in [6.07, 6.45) is 0.878. The van der Waals surface area contributed by atoms with Crippen LogP contribution in [0.1, 0.15) is 47.8 Å². The minimum Gasteiger partial charge on any atom is -0.348 e. The van der Waals surface area contributed by atoms with E-state index in [0.717, 1.165) is 23.5 Å². The standard InChI is InChI=1S/C12H18N6OS/c1-5-7(2)13-12(19)11-9(4)18(17-14-11)6-10-8(3)15-20-16-10/h7H,5-6H2,1-4H3,(H,13,19). The topological polar surface area (TPSA) is 85.6 Å². The van der Waals surface area contributed by atoms with E-state index in [1.807, 2.05) is 27.7 Å². The Morgan fingerprint density at radius 3 is 2.75 bits per heavy atom. The van der Waals surface area contributed by atoms with Gasteiger partial charge < -0.3 is 5.32 Å². The summed E-state index contributed by atoms with van der Waals surface area (Å²) in [5.41, 5.74) is 2.84. The molecule has 0 aliphatic carbocycles. The molecule has 8 heteroatoms. The molecule has 108 valence electrons. The summed E-state index contributed by atoms with van der Waals surface area (Å²) in [5, 5.41) is 10.9. The van der Waals surface area contributed by atoms with E-state index in [2.05, 4.69) is 24.4 Å². The molecule has 0 saturated carbocycles. The second-order valence-electron chi connectivity index (χ2n) is 4.76. The van der Waals surface area contributed by atoms with Crippen molar-refractivity contribution in [2.75, 3.05) is 0 Å². The summed E-state index contributed by atoms with van der Waals surface area (Å²) in [6.45, 7) is 8.20. The summed E-state index contributed by atoms with van der Waals surface area (Å²) in [5.74, 6) is -0.184. The van der Waals surface area contributed by atoms with Crippen LogP contribution in [0.3, 0.4) is 0 Å². The lowest BCUT2D eigenvalue weighted by Crippen LogP contribution is -2.32. The third-order valence-corrected chi connectivity index (χ3v) is 3.89. The summed E-state index contributed by atoms with van der Waals surface area (Å²) in [7, 11) is 0. The van der Waals surface area contributed by atoms with Gasteiger partial charge in [0.2, 0.25) is 0 Å². The second-order valence-corrected chi connectivity index (χ2v) is 5.29. The number of nitrogens with one attached hydrogen (secondary N) is 1. The van der Waals surface area contributed by atoms with E-state index in [1.54, 1.807) is 4.68 Å². The molecule has 2 rings (SSSR count). The van der Waals surface area contributed by atoms with Crippen LogP contribution in [0.25, 0.3) is 0 Å². The van der Waals surface area contributed by atoms with Crippen LogP contribution in [0.5, 0.6) is 0 Å². The summed E-state index contributed by atoms with van der Waals surface area (Å²) in [6, 6.07) is 0.122. The molecule has 0 aliphatic rings. The lowest BCUT2D eigenvalue weighted by molar-refractivity contribution is 0.0933. The maximum absolute atomic E-state index is 12.1. The van der Waals surface area contributed by atoms with E-state index in [4.69, 9.17) is 0 Å². The number of aromatic nitrogens is 5. The van der Waals surface area contributed by atoms with Crippen molar-refractivity contribution in [3.8, 4) is 0 Å². The van der Waals surface area contributed by atoms with Crippen molar-refractivity contribution < 1.29 is 4.79 Å². The van der Waals surface area contributed by atoms with Gasteiger partial charge in [0.15, 0.2) is 5.69 Å². The number of rotatable bonds is 5. The van der Waals surface area contributed by atoms with Crippen LogP contribution in [0, 0.1) is 13.8 Å². The molecule has 0 spiro atoms. The van der Waals surface area contributed by atoms with Gasteiger partial charge in [-0.1, -0.05) is 12.1 Å². The van der Waals surface area contributed by atoms with Crippen molar-refractivity contribution in [3.05, 3.63) is 22.8 Å². The molecular formula is C12H18N6OS. The second kappa shape index (κ2) is 6.08. The monoisotopic (exact) mass is 294 g/mol. The zero-order valence-corrected chi connectivity index (χ0v) is 12.9. The van der Waals surface area contributed by atoms with Crippen molar-refractivity contribution >= 4 is 17.6 Å². The van der Waals surface area contributed by atoms with Crippen LogP contribution < -0.4 is 5.32 Å². The highest BCUT2D eigenvalue weighted by Crippen LogP contribution is 2.10. The van der Waals surface area contributed by atoms with Crippen molar-refractivity contribution in [1.29, 1.82) is 0 Å². The minimum absolute atomic E-state index is 0.122. The number of carbonyl (C=O) groups excluding carboxylic acids is 1. The van der Waals surface area contributed by atoms with Gasteiger partial charge in [-0.05, 0) is 27.2 Å². The van der Waals surface area contributed by atoms with E-state index in [1.165, 1.54) is 11.7 Å². The van der Waals surface area contributed by atoms with E-state index in [9.17, 15) is 4.79 Å². The molecule has 7 nitrogen and oxygen atoms in total. The molecule has 0 fully saturated rings. The number of nitrogens with zero attached hydrogens (tertiary/aromatic N) is 5. The fraction of sp³-hybridized carbons (Fsp3) is 0.583. The van der Waals surface area contributed by atoms with E-state index >= 15 is 0 Å². The van der Waals surface area contributed by atoms with Crippen molar-refractivity contribution in [1.82, 2.24) is 29.1 Å². The van der Waals surface area contributed by atoms with Gasteiger partial charge in [-0.25, -0.2) is 4.68 Å². The zero-order valence-electron chi connectivity index (χ0n) is 12.0. The quantitative estimate of drug-likeness (QED) is 0.899. The van der Waals surface area contributed by atoms with Crippen LogP contribution >= 0.6 is 11.7 Å². The largest absolute Gasteiger partial charge is 0.348 e. The Bertz CT molecular complexity index is 605. The summed E-state index contributed by atoms with van der Waals surface area (Å²) < 4.78 is 10.0. The number of carbonyl (C=O) groups is 1. The first-order valence-corrected chi connectivity index (χ1v) is 7.25. The van der Waals surface area contributed by atoms with Crippen LogP contribution in [0.4, 0.5) is 0 Å². The molecule has 0 aliphatic heterocycles. The van der Waals surface area contributed by atoms with Crippen LogP contribution in [0.15, 0.2) is 0 Å². The molecule has 0 saturated heterocycles. The predicted octanol–water partition coefficient (Wildman–Crippen LogP) is 1.32. The van der Waals surface area contributed by atoms with Gasteiger partial charge in [-0.3, -0.25) is 4.79 Å². The Balaban J connectivity index is 2.15. The molecule has 0 bridgehead atoms. The fourth-order valence-electron chi connectivity index (χ4n) is 1.65. The summed E-state index contributed by atoms with van der Waals surface area (Å²) >= 11 is 1.18. The first-order valence-electron chi connectivity index (χ1n) is 6.51. The Morgan fingerprint density at radius 2 is 2.15 bits per heavy atom. The van der Waals surface area contributed by atoms with E-state index in [-0.39, 0.29) is 11.9 Å². The van der Waals surface area contributed by atoms with Gasteiger partial charge in [0.05, 0.1) is 35.4 Å². The molecule has 0 aromatic carbocycles. The maximum Gasteiger partial charge on any atom is 0.273 e. The Morgan fingerprint density at radius 1 is 1.40 bits per heavy atom. The molecule has 1 atom stereocenters. The van der Waals surface area contributed by atoms with Crippen molar-refractivity contribution in [2.45, 2.75) is 46.7 Å².